The first-order valence-electron chi connectivity index (χ1n) is 5.83. The van der Waals surface area contributed by atoms with Gasteiger partial charge in [0, 0.05) is 5.54 Å². The van der Waals surface area contributed by atoms with Crippen LogP contribution in [0.1, 0.15) is 40.0 Å². The molecule has 5 nitrogen and oxygen atoms in total. The Kier molecular flexibility index (Phi) is 3.38. The molecule has 1 aliphatic rings. The second-order valence-electron chi connectivity index (χ2n) is 4.92. The van der Waals surface area contributed by atoms with Crippen molar-refractivity contribution >= 4 is 17.5 Å². The molecular weight excluding hydrogens is 240 g/mol. The first-order chi connectivity index (χ1) is 7.97. The van der Waals surface area contributed by atoms with E-state index in [2.05, 4.69) is 27.2 Å². The van der Waals surface area contributed by atoms with Gasteiger partial charge in [-0.25, -0.2) is 0 Å². The van der Waals surface area contributed by atoms with Gasteiger partial charge in [0.2, 0.25) is 11.2 Å². The summed E-state index contributed by atoms with van der Waals surface area (Å²) >= 11 is 5.84. The molecular formula is C11H17ClN4O. The Morgan fingerprint density at radius 3 is 2.53 bits per heavy atom. The highest BCUT2D eigenvalue weighted by Gasteiger charge is 2.32. The molecule has 0 spiro atoms. The Hall–Kier alpha value is -1.10. The molecule has 0 radical (unpaired) electrons. The minimum atomic E-state index is 0.0145. The molecule has 1 aliphatic carbocycles. The van der Waals surface area contributed by atoms with Crippen molar-refractivity contribution in [3.8, 4) is 6.01 Å². The number of anilines is 1. The quantitative estimate of drug-likeness (QED) is 0.898. The Morgan fingerprint density at radius 1 is 1.29 bits per heavy atom. The van der Waals surface area contributed by atoms with Crippen LogP contribution in [0.4, 0.5) is 5.95 Å². The molecule has 1 saturated carbocycles. The summed E-state index contributed by atoms with van der Waals surface area (Å²) in [6.07, 6.45) is 3.49. The van der Waals surface area contributed by atoms with Crippen molar-refractivity contribution in [3.05, 3.63) is 5.28 Å². The third kappa shape index (κ3) is 3.19. The van der Waals surface area contributed by atoms with Crippen LogP contribution in [-0.4, -0.2) is 26.6 Å². The number of nitrogens with one attached hydrogen (secondary N) is 1. The third-order valence-electron chi connectivity index (χ3n) is 2.80. The number of aromatic nitrogens is 3. The minimum Gasteiger partial charge on any atom is -0.461 e. The molecule has 0 amide bonds. The van der Waals surface area contributed by atoms with Crippen LogP contribution in [0, 0.1) is 0 Å². The van der Waals surface area contributed by atoms with Crippen molar-refractivity contribution in [3.63, 3.8) is 0 Å². The molecule has 0 aliphatic heterocycles. The van der Waals surface area contributed by atoms with E-state index in [4.69, 9.17) is 16.3 Å². The average Bonchev–Trinajstić information content (AvgIpc) is 2.12. The van der Waals surface area contributed by atoms with Crippen LogP contribution in [0.5, 0.6) is 6.01 Å². The van der Waals surface area contributed by atoms with Gasteiger partial charge in [-0.05, 0) is 51.6 Å². The molecule has 0 saturated heterocycles. The van der Waals surface area contributed by atoms with Crippen LogP contribution in [0.3, 0.4) is 0 Å². The van der Waals surface area contributed by atoms with Gasteiger partial charge in [-0.15, -0.1) is 0 Å². The lowest BCUT2D eigenvalue weighted by atomic mass is 9.79. The fourth-order valence-corrected chi connectivity index (χ4v) is 1.91. The molecule has 1 N–H and O–H groups in total. The minimum absolute atomic E-state index is 0.0145. The maximum Gasteiger partial charge on any atom is 0.322 e. The van der Waals surface area contributed by atoms with Gasteiger partial charge in [0.1, 0.15) is 0 Å². The van der Waals surface area contributed by atoms with Crippen LogP contribution in [0.2, 0.25) is 5.28 Å². The molecule has 0 aromatic carbocycles. The Labute approximate surface area is 106 Å². The maximum atomic E-state index is 5.84. The normalized spacial score (nSPS) is 17.7. The highest BCUT2D eigenvalue weighted by atomic mass is 35.5. The predicted molar refractivity (Wildman–Crippen MR) is 66.5 cm³/mol. The zero-order valence-electron chi connectivity index (χ0n) is 10.3. The van der Waals surface area contributed by atoms with Gasteiger partial charge in [-0.1, -0.05) is 0 Å². The van der Waals surface area contributed by atoms with E-state index in [0.29, 0.717) is 5.95 Å². The largest absolute Gasteiger partial charge is 0.461 e. The number of nitrogens with zero attached hydrogens (tertiary/aromatic N) is 3. The van der Waals surface area contributed by atoms with E-state index in [-0.39, 0.29) is 22.9 Å². The summed E-state index contributed by atoms with van der Waals surface area (Å²) in [5, 5.41) is 3.44. The van der Waals surface area contributed by atoms with Crippen molar-refractivity contribution in [2.45, 2.75) is 51.7 Å². The Balaban J connectivity index is 2.13. The smallest absolute Gasteiger partial charge is 0.322 e. The lowest BCUT2D eigenvalue weighted by Gasteiger charge is -2.39. The summed E-state index contributed by atoms with van der Waals surface area (Å²) in [6, 6.07) is 0.269. The summed E-state index contributed by atoms with van der Waals surface area (Å²) in [5.74, 6) is 0.489. The lowest BCUT2D eigenvalue weighted by Crippen LogP contribution is -2.42. The van der Waals surface area contributed by atoms with Gasteiger partial charge >= 0.3 is 6.01 Å². The molecule has 0 bridgehead atoms. The number of hydrogen-bond donors (Lipinski definition) is 1. The van der Waals surface area contributed by atoms with Crippen LogP contribution >= 0.6 is 11.6 Å². The van der Waals surface area contributed by atoms with E-state index in [0.717, 1.165) is 12.8 Å². The monoisotopic (exact) mass is 256 g/mol. The maximum absolute atomic E-state index is 5.84. The van der Waals surface area contributed by atoms with Crippen LogP contribution in [0.15, 0.2) is 0 Å². The van der Waals surface area contributed by atoms with E-state index in [1.165, 1.54) is 6.42 Å². The van der Waals surface area contributed by atoms with Gasteiger partial charge in [-0.2, -0.15) is 15.0 Å². The zero-order chi connectivity index (χ0) is 12.5. The highest BCUT2D eigenvalue weighted by Crippen LogP contribution is 2.34. The first-order valence-corrected chi connectivity index (χ1v) is 6.21. The summed E-state index contributed by atoms with van der Waals surface area (Å²) < 4.78 is 5.42. The van der Waals surface area contributed by atoms with Crippen molar-refractivity contribution in [1.82, 2.24) is 15.0 Å². The summed E-state index contributed by atoms with van der Waals surface area (Å²) in [4.78, 5) is 12.2. The second-order valence-corrected chi connectivity index (χ2v) is 5.25. The van der Waals surface area contributed by atoms with E-state index < -0.39 is 0 Å². The van der Waals surface area contributed by atoms with E-state index in [1.807, 2.05) is 13.8 Å². The summed E-state index contributed by atoms with van der Waals surface area (Å²) in [6.45, 7) is 5.98. The molecule has 94 valence electrons. The van der Waals surface area contributed by atoms with Crippen molar-refractivity contribution in [2.75, 3.05) is 5.32 Å². The van der Waals surface area contributed by atoms with Crippen molar-refractivity contribution < 1.29 is 4.74 Å². The zero-order valence-corrected chi connectivity index (χ0v) is 11.1. The molecule has 2 rings (SSSR count). The average molecular weight is 257 g/mol. The fraction of sp³-hybridized carbons (Fsp3) is 0.727. The van der Waals surface area contributed by atoms with E-state index in [1.54, 1.807) is 0 Å². The van der Waals surface area contributed by atoms with Crippen LogP contribution in [-0.2, 0) is 0 Å². The van der Waals surface area contributed by atoms with Gasteiger partial charge in [0.25, 0.3) is 0 Å². The van der Waals surface area contributed by atoms with Gasteiger partial charge in [0.15, 0.2) is 0 Å². The second kappa shape index (κ2) is 4.64. The molecule has 17 heavy (non-hydrogen) atoms. The molecule has 1 fully saturated rings. The molecule has 1 heterocycles. The third-order valence-corrected chi connectivity index (χ3v) is 2.97. The standard InChI is InChI=1S/C11H17ClN4O/c1-7(2)17-10-14-8(12)13-9(15-10)16-11(3)5-4-6-11/h7H,4-6H2,1-3H3,(H,13,14,15,16). The number of ether oxygens (including phenoxy) is 1. The molecule has 1 aromatic rings. The number of hydrogen-bond acceptors (Lipinski definition) is 5. The summed E-state index contributed by atoms with van der Waals surface area (Å²) in [7, 11) is 0. The molecule has 6 heteroatoms. The van der Waals surface area contributed by atoms with E-state index >= 15 is 0 Å². The lowest BCUT2D eigenvalue weighted by molar-refractivity contribution is 0.221. The van der Waals surface area contributed by atoms with Crippen LogP contribution < -0.4 is 10.1 Å². The van der Waals surface area contributed by atoms with Gasteiger partial charge in [-0.3, -0.25) is 0 Å². The summed E-state index contributed by atoms with van der Waals surface area (Å²) in [5.41, 5.74) is 0.0831. The Bertz CT molecular complexity index is 406. The predicted octanol–water partition coefficient (Wildman–Crippen LogP) is 2.67. The highest BCUT2D eigenvalue weighted by molar-refractivity contribution is 6.28. The van der Waals surface area contributed by atoms with Crippen molar-refractivity contribution in [1.29, 1.82) is 0 Å². The molecule has 0 unspecified atom stereocenters. The number of halogens is 1. The van der Waals surface area contributed by atoms with E-state index in [9.17, 15) is 0 Å². The topological polar surface area (TPSA) is 59.9 Å². The first kappa shape index (κ1) is 12.4. The molecule has 1 aromatic heterocycles. The Morgan fingerprint density at radius 2 is 2.00 bits per heavy atom. The van der Waals surface area contributed by atoms with Gasteiger partial charge in [0.05, 0.1) is 6.10 Å². The SMILES string of the molecule is CC(C)Oc1nc(Cl)nc(NC2(C)CCC2)n1. The van der Waals surface area contributed by atoms with Crippen LogP contribution in [0.25, 0.3) is 0 Å². The van der Waals surface area contributed by atoms with Gasteiger partial charge < -0.3 is 10.1 Å². The number of rotatable bonds is 4. The molecule has 0 atom stereocenters. The van der Waals surface area contributed by atoms with Crippen molar-refractivity contribution in [2.24, 2.45) is 0 Å². The fourth-order valence-electron chi connectivity index (χ4n) is 1.75.